The van der Waals surface area contributed by atoms with Crippen molar-refractivity contribution in [2.45, 2.75) is 4.90 Å². The summed E-state index contributed by atoms with van der Waals surface area (Å²) in [6.07, 6.45) is 0. The highest BCUT2D eigenvalue weighted by Gasteiger charge is 2.17. The number of hydrogen-bond acceptors (Lipinski definition) is 5. The molecule has 0 spiro atoms. The Balaban J connectivity index is 2.48. The third-order valence-corrected chi connectivity index (χ3v) is 4.24. The molecule has 0 aliphatic rings. The van der Waals surface area contributed by atoms with Gasteiger partial charge in [0.15, 0.2) is 0 Å². The molecule has 0 amide bonds. The first-order chi connectivity index (χ1) is 9.33. The summed E-state index contributed by atoms with van der Waals surface area (Å²) in [7, 11) is 0.210. The van der Waals surface area contributed by atoms with Gasteiger partial charge >= 0.3 is 0 Å². The molecule has 1 rings (SSSR count). The van der Waals surface area contributed by atoms with E-state index in [-0.39, 0.29) is 17.1 Å². The molecule has 0 fully saturated rings. The summed E-state index contributed by atoms with van der Waals surface area (Å²) in [6, 6.07) is 4.33. The van der Waals surface area contributed by atoms with E-state index in [0.717, 1.165) is 6.54 Å². The predicted molar refractivity (Wildman–Crippen MR) is 80.4 cm³/mol. The molecule has 6 nitrogen and oxygen atoms in total. The van der Waals surface area contributed by atoms with Gasteiger partial charge in [0, 0.05) is 18.1 Å². The van der Waals surface area contributed by atoms with E-state index in [9.17, 15) is 8.42 Å². The van der Waals surface area contributed by atoms with E-state index in [2.05, 4.69) is 4.72 Å². The van der Waals surface area contributed by atoms with Gasteiger partial charge < -0.3 is 15.4 Å². The van der Waals surface area contributed by atoms with Crippen LogP contribution in [0.1, 0.15) is 0 Å². The van der Waals surface area contributed by atoms with Crippen LogP contribution in [0.4, 0.5) is 5.69 Å². The van der Waals surface area contributed by atoms with Gasteiger partial charge in [-0.25, -0.2) is 13.1 Å². The predicted octanol–water partition coefficient (Wildman–Crippen LogP) is 0.779. The van der Waals surface area contributed by atoms with E-state index in [4.69, 9.17) is 22.1 Å². The highest BCUT2D eigenvalue weighted by molar-refractivity contribution is 7.89. The summed E-state index contributed by atoms with van der Waals surface area (Å²) < 4.78 is 31.8. The van der Waals surface area contributed by atoms with Crippen molar-refractivity contribution in [3.63, 3.8) is 0 Å². The van der Waals surface area contributed by atoms with Crippen LogP contribution in [0, 0.1) is 0 Å². The molecule has 0 unspecified atom stereocenters. The number of nitrogen functional groups attached to an aromatic ring is 1. The van der Waals surface area contributed by atoms with Crippen LogP contribution in [0.3, 0.4) is 0 Å². The molecule has 0 aliphatic carbocycles. The Labute approximate surface area is 124 Å². The molecule has 0 saturated carbocycles. The fraction of sp³-hybridized carbons (Fsp3) is 0.500. The van der Waals surface area contributed by atoms with Crippen molar-refractivity contribution < 1.29 is 13.2 Å². The van der Waals surface area contributed by atoms with Gasteiger partial charge in [0.05, 0.1) is 18.9 Å². The minimum atomic E-state index is -3.67. The van der Waals surface area contributed by atoms with Gasteiger partial charge in [-0.15, -0.1) is 0 Å². The van der Waals surface area contributed by atoms with E-state index >= 15 is 0 Å². The van der Waals surface area contributed by atoms with Gasteiger partial charge in [-0.2, -0.15) is 0 Å². The molecule has 0 aromatic heterocycles. The second kappa shape index (κ2) is 7.80. The molecule has 20 heavy (non-hydrogen) atoms. The molecule has 0 radical (unpaired) electrons. The second-order valence-electron chi connectivity index (χ2n) is 4.50. The second-order valence-corrected chi connectivity index (χ2v) is 6.67. The smallest absolute Gasteiger partial charge is 0.242 e. The average molecular weight is 322 g/mol. The molecule has 114 valence electrons. The first-order valence-electron chi connectivity index (χ1n) is 6.10. The summed E-state index contributed by atoms with van der Waals surface area (Å²) >= 11 is 5.78. The summed E-state index contributed by atoms with van der Waals surface area (Å²) in [6.45, 7) is 1.82. The molecule has 3 N–H and O–H groups in total. The van der Waals surface area contributed by atoms with Gasteiger partial charge in [-0.1, -0.05) is 11.6 Å². The van der Waals surface area contributed by atoms with Crippen LogP contribution in [0.25, 0.3) is 0 Å². The molecule has 0 atom stereocenters. The largest absolute Gasteiger partial charge is 0.398 e. The van der Waals surface area contributed by atoms with E-state index in [0.29, 0.717) is 18.2 Å². The van der Waals surface area contributed by atoms with Crippen molar-refractivity contribution in [3.05, 3.63) is 23.2 Å². The third-order valence-electron chi connectivity index (χ3n) is 2.49. The standard InChI is InChI=1S/C12H20ClN3O3S/c1-16(2)6-8-19-7-5-15-20(17,18)12-9-10(13)3-4-11(12)14/h3-4,9,15H,5-8,14H2,1-2H3. The molecule has 0 bridgehead atoms. The quantitative estimate of drug-likeness (QED) is 0.546. The molecule has 1 aromatic rings. The summed E-state index contributed by atoms with van der Waals surface area (Å²) in [5.41, 5.74) is 5.81. The lowest BCUT2D eigenvalue weighted by Gasteiger charge is -2.11. The molecule has 0 heterocycles. The van der Waals surface area contributed by atoms with Gasteiger partial charge in [0.25, 0.3) is 0 Å². The van der Waals surface area contributed by atoms with E-state index < -0.39 is 10.0 Å². The van der Waals surface area contributed by atoms with Crippen molar-refractivity contribution in [2.24, 2.45) is 0 Å². The van der Waals surface area contributed by atoms with Crippen LogP contribution in [-0.2, 0) is 14.8 Å². The monoisotopic (exact) mass is 321 g/mol. The minimum Gasteiger partial charge on any atom is -0.398 e. The maximum atomic E-state index is 12.0. The van der Waals surface area contributed by atoms with Crippen LogP contribution in [0.5, 0.6) is 0 Å². The third kappa shape index (κ3) is 5.64. The van der Waals surface area contributed by atoms with Crippen LogP contribution in [0.2, 0.25) is 5.02 Å². The molecule has 0 aliphatic heterocycles. The number of nitrogens with zero attached hydrogens (tertiary/aromatic N) is 1. The molecule has 8 heteroatoms. The van der Waals surface area contributed by atoms with Crippen molar-refractivity contribution in [1.29, 1.82) is 0 Å². The maximum Gasteiger partial charge on any atom is 0.242 e. The Bertz CT molecular complexity index is 535. The van der Waals surface area contributed by atoms with E-state index in [1.165, 1.54) is 12.1 Å². The highest BCUT2D eigenvalue weighted by Crippen LogP contribution is 2.22. The van der Waals surface area contributed by atoms with E-state index in [1.807, 2.05) is 19.0 Å². The number of rotatable bonds is 8. The fourth-order valence-corrected chi connectivity index (χ4v) is 2.82. The van der Waals surface area contributed by atoms with Gasteiger partial charge in [0.1, 0.15) is 4.90 Å². The number of nitrogens with two attached hydrogens (primary N) is 1. The normalized spacial score (nSPS) is 12.0. The van der Waals surface area contributed by atoms with Crippen LogP contribution in [-0.4, -0.2) is 53.7 Å². The van der Waals surface area contributed by atoms with Gasteiger partial charge in [0.2, 0.25) is 10.0 Å². The molecule has 0 saturated heterocycles. The lowest BCUT2D eigenvalue weighted by molar-refractivity contribution is 0.122. The van der Waals surface area contributed by atoms with Gasteiger partial charge in [-0.05, 0) is 32.3 Å². The molecular formula is C12H20ClN3O3S. The first-order valence-corrected chi connectivity index (χ1v) is 7.96. The van der Waals surface area contributed by atoms with Crippen LogP contribution < -0.4 is 10.5 Å². The zero-order valence-electron chi connectivity index (χ0n) is 11.6. The summed E-state index contributed by atoms with van der Waals surface area (Å²) in [5, 5.41) is 0.321. The van der Waals surface area contributed by atoms with Crippen molar-refractivity contribution in [2.75, 3.05) is 46.1 Å². The van der Waals surface area contributed by atoms with Crippen molar-refractivity contribution in [3.8, 4) is 0 Å². The Morgan fingerprint density at radius 3 is 2.70 bits per heavy atom. The fourth-order valence-electron chi connectivity index (χ4n) is 1.42. The number of sulfonamides is 1. The zero-order chi connectivity index (χ0) is 15.2. The van der Waals surface area contributed by atoms with Crippen molar-refractivity contribution in [1.82, 2.24) is 9.62 Å². The van der Waals surface area contributed by atoms with E-state index in [1.54, 1.807) is 6.07 Å². The van der Waals surface area contributed by atoms with Crippen LogP contribution in [0.15, 0.2) is 23.1 Å². The lowest BCUT2D eigenvalue weighted by Crippen LogP contribution is -2.29. The maximum absolute atomic E-state index is 12.0. The number of benzene rings is 1. The Hall–Kier alpha value is -0.860. The lowest BCUT2D eigenvalue weighted by atomic mass is 10.3. The topological polar surface area (TPSA) is 84.7 Å². The average Bonchev–Trinajstić information content (AvgIpc) is 2.36. The zero-order valence-corrected chi connectivity index (χ0v) is 13.2. The number of likely N-dealkylation sites (N-methyl/N-ethyl adjacent to an activating group) is 1. The summed E-state index contributed by atoms with van der Waals surface area (Å²) in [4.78, 5) is 1.97. The number of halogens is 1. The SMILES string of the molecule is CN(C)CCOCCNS(=O)(=O)c1cc(Cl)ccc1N. The number of nitrogens with one attached hydrogen (secondary N) is 1. The number of ether oxygens (including phenoxy) is 1. The number of hydrogen-bond donors (Lipinski definition) is 2. The Morgan fingerprint density at radius 1 is 1.35 bits per heavy atom. The summed E-state index contributed by atoms with van der Waals surface area (Å²) in [5.74, 6) is 0. The van der Waals surface area contributed by atoms with Crippen molar-refractivity contribution >= 4 is 27.3 Å². The molecule has 1 aromatic carbocycles. The molecular weight excluding hydrogens is 302 g/mol. The number of anilines is 1. The first kappa shape index (κ1) is 17.2. The Kier molecular flexibility index (Phi) is 6.70. The van der Waals surface area contributed by atoms with Crippen LogP contribution >= 0.6 is 11.6 Å². The minimum absolute atomic E-state index is 0.0155. The Morgan fingerprint density at radius 2 is 2.05 bits per heavy atom. The highest BCUT2D eigenvalue weighted by atomic mass is 35.5. The van der Waals surface area contributed by atoms with Gasteiger partial charge in [-0.3, -0.25) is 0 Å².